The number of pyridine rings is 1. The number of aliphatic carboxylic acids is 1. The Kier molecular flexibility index (Phi) is 10.5. The molecule has 3 amide bonds. The summed E-state index contributed by atoms with van der Waals surface area (Å²) in [4.78, 5) is 60.1. The molecule has 2 fully saturated rings. The fourth-order valence-electron chi connectivity index (χ4n) is 6.54. The van der Waals surface area contributed by atoms with Crippen LogP contribution in [0.4, 0.5) is 4.79 Å². The Balaban J connectivity index is 1.54. The number of carboxylic acid groups (broad SMARTS) is 1. The molecule has 0 bridgehead atoms. The largest absolute Gasteiger partial charge is 0.493 e. The number of carbonyl (C=O) groups excluding carboxylic acids is 3. The second-order valence-corrected chi connectivity index (χ2v) is 15.3. The van der Waals surface area contributed by atoms with Gasteiger partial charge in [-0.1, -0.05) is 57.2 Å². The van der Waals surface area contributed by atoms with Crippen molar-refractivity contribution < 1.29 is 43.2 Å². The van der Waals surface area contributed by atoms with Gasteiger partial charge in [-0.05, 0) is 44.7 Å². The zero-order valence-corrected chi connectivity index (χ0v) is 30.9. The zero-order valence-electron chi connectivity index (χ0n) is 30.9. The summed E-state index contributed by atoms with van der Waals surface area (Å²) in [5.74, 6) is -1.52. The van der Waals surface area contributed by atoms with Gasteiger partial charge in [-0.3, -0.25) is 9.59 Å². The number of nitrogens with zero attached hydrogens (tertiary/aromatic N) is 2. The first kappa shape index (κ1) is 37.9. The van der Waals surface area contributed by atoms with Crippen LogP contribution >= 0.6 is 0 Å². The van der Waals surface area contributed by atoms with E-state index in [1.807, 2.05) is 30.3 Å². The molecule has 0 radical (unpaired) electrons. The summed E-state index contributed by atoms with van der Waals surface area (Å²) in [7, 11) is 3.06. The van der Waals surface area contributed by atoms with Crippen molar-refractivity contribution in [3.05, 3.63) is 61.2 Å². The van der Waals surface area contributed by atoms with E-state index >= 15 is 0 Å². The van der Waals surface area contributed by atoms with Crippen LogP contribution < -0.4 is 24.8 Å². The highest BCUT2D eigenvalue weighted by molar-refractivity contribution is 5.97. The molecule has 1 unspecified atom stereocenters. The van der Waals surface area contributed by atoms with Crippen LogP contribution in [0, 0.1) is 11.3 Å². The first-order chi connectivity index (χ1) is 24.4. The number of nitrogens with one attached hydrogen (secondary N) is 2. The summed E-state index contributed by atoms with van der Waals surface area (Å²) in [6, 6.07) is 12.6. The SMILES string of the molecule is C=C[C@H]1CC1(NC(=O)[C@@H]1C[C@@H](Oc2cc(-c3ccccc3)nc3c(OC)c(OC)ccc23)CN1C(=O)[C@@H](NC(=O)OC(C)(C)C)C(C)(C)C)C(=O)O. The molecule has 1 aliphatic carbocycles. The minimum absolute atomic E-state index is 0.0348. The molecule has 52 heavy (non-hydrogen) atoms. The standard InChI is InChI=1S/C39H48N4O9/c1-10-23-20-39(23,35(46)47)42-33(44)27-18-24(21-43(27)34(45)32(37(2,3)4)41-36(48)52-38(5,6)7)51-29-19-26(22-14-12-11-13-15-22)40-30-25(29)16-17-28(49-8)31(30)50-9/h10-17,19,23-24,27,32H,1,18,20-21H2,2-9H3,(H,41,48)(H,42,44)(H,46,47)/t23-,24+,27-,32+,39?/m0/s1. The first-order valence-electron chi connectivity index (χ1n) is 17.2. The van der Waals surface area contributed by atoms with Gasteiger partial charge >= 0.3 is 12.1 Å². The van der Waals surface area contributed by atoms with Crippen molar-refractivity contribution in [2.45, 2.75) is 83.7 Å². The normalized spacial score (nSPS) is 21.8. The topological polar surface area (TPSA) is 166 Å². The van der Waals surface area contributed by atoms with Crippen LogP contribution in [0.25, 0.3) is 22.2 Å². The van der Waals surface area contributed by atoms with E-state index in [9.17, 15) is 24.3 Å². The number of methoxy groups -OCH3 is 2. The fourth-order valence-corrected chi connectivity index (χ4v) is 6.54. The Morgan fingerprint density at radius 2 is 1.71 bits per heavy atom. The Bertz CT molecular complexity index is 1870. The number of hydrogen-bond acceptors (Lipinski definition) is 9. The van der Waals surface area contributed by atoms with Crippen molar-refractivity contribution >= 4 is 34.8 Å². The van der Waals surface area contributed by atoms with Crippen molar-refractivity contribution in [1.82, 2.24) is 20.5 Å². The van der Waals surface area contributed by atoms with Crippen molar-refractivity contribution in [2.24, 2.45) is 11.3 Å². The number of likely N-dealkylation sites (tertiary alicyclic amines) is 1. The van der Waals surface area contributed by atoms with Gasteiger partial charge in [0.25, 0.3) is 0 Å². The minimum Gasteiger partial charge on any atom is -0.493 e. The molecule has 13 nitrogen and oxygen atoms in total. The molecule has 0 spiro atoms. The van der Waals surface area contributed by atoms with Gasteiger partial charge in [0.05, 0.1) is 26.5 Å². The number of fused-ring (bicyclic) bond motifs is 1. The van der Waals surface area contributed by atoms with Crippen LogP contribution in [-0.4, -0.2) is 89.0 Å². The Labute approximate surface area is 303 Å². The van der Waals surface area contributed by atoms with Crippen LogP contribution in [-0.2, 0) is 19.1 Å². The predicted octanol–water partition coefficient (Wildman–Crippen LogP) is 5.35. The van der Waals surface area contributed by atoms with Crippen molar-refractivity contribution in [1.29, 1.82) is 0 Å². The number of aromatic nitrogens is 1. The molecule has 1 saturated carbocycles. The van der Waals surface area contributed by atoms with Gasteiger partial charge in [0.2, 0.25) is 11.8 Å². The molecule has 1 saturated heterocycles. The Morgan fingerprint density at radius 3 is 2.27 bits per heavy atom. The Morgan fingerprint density at radius 1 is 1.02 bits per heavy atom. The van der Waals surface area contributed by atoms with E-state index in [1.165, 1.54) is 25.2 Å². The van der Waals surface area contributed by atoms with E-state index in [0.717, 1.165) is 5.56 Å². The number of hydrogen-bond donors (Lipinski definition) is 3. The van der Waals surface area contributed by atoms with E-state index in [4.69, 9.17) is 23.9 Å². The van der Waals surface area contributed by atoms with E-state index in [2.05, 4.69) is 17.2 Å². The van der Waals surface area contributed by atoms with Gasteiger partial charge in [0.15, 0.2) is 11.5 Å². The molecule has 1 aliphatic heterocycles. The van der Waals surface area contributed by atoms with Gasteiger partial charge in [0, 0.05) is 29.4 Å². The molecule has 5 atom stereocenters. The van der Waals surface area contributed by atoms with Crippen LogP contribution in [0.5, 0.6) is 17.2 Å². The second-order valence-electron chi connectivity index (χ2n) is 15.3. The number of carbonyl (C=O) groups is 4. The summed E-state index contributed by atoms with van der Waals surface area (Å²) < 4.78 is 23.4. The molecule has 278 valence electrons. The summed E-state index contributed by atoms with van der Waals surface area (Å²) in [6.45, 7) is 14.2. The van der Waals surface area contributed by atoms with Crippen LogP contribution in [0.15, 0.2) is 61.2 Å². The predicted molar refractivity (Wildman–Crippen MR) is 194 cm³/mol. The highest BCUT2D eigenvalue weighted by atomic mass is 16.6. The van der Waals surface area contributed by atoms with E-state index in [1.54, 1.807) is 59.7 Å². The third kappa shape index (κ3) is 7.78. The minimum atomic E-state index is -1.52. The average Bonchev–Trinajstić information content (AvgIpc) is 3.64. The monoisotopic (exact) mass is 716 g/mol. The van der Waals surface area contributed by atoms with E-state index < -0.39 is 64.5 Å². The summed E-state index contributed by atoms with van der Waals surface area (Å²) in [5, 5.41) is 16.1. The number of benzene rings is 2. The van der Waals surface area contributed by atoms with Gasteiger partial charge in [-0.25, -0.2) is 14.6 Å². The number of ether oxygens (including phenoxy) is 4. The molecular weight excluding hydrogens is 668 g/mol. The van der Waals surface area contributed by atoms with Gasteiger partial charge in [-0.15, -0.1) is 6.58 Å². The fraction of sp³-hybridized carbons (Fsp3) is 0.462. The molecule has 2 aromatic carbocycles. The lowest BCUT2D eigenvalue weighted by molar-refractivity contribution is -0.146. The van der Waals surface area contributed by atoms with Crippen LogP contribution in [0.2, 0.25) is 0 Å². The second kappa shape index (κ2) is 14.4. The average molecular weight is 717 g/mol. The molecule has 3 N–H and O–H groups in total. The van der Waals surface area contributed by atoms with Crippen molar-refractivity contribution in [3.63, 3.8) is 0 Å². The van der Waals surface area contributed by atoms with Gasteiger partial charge < -0.3 is 39.6 Å². The lowest BCUT2D eigenvalue weighted by Gasteiger charge is -2.35. The molecule has 2 aliphatic rings. The lowest BCUT2D eigenvalue weighted by atomic mass is 9.85. The number of alkyl carbamates (subject to hydrolysis) is 1. The van der Waals surface area contributed by atoms with Gasteiger partial charge in [-0.2, -0.15) is 0 Å². The quantitative estimate of drug-likeness (QED) is 0.220. The molecule has 13 heteroatoms. The maximum atomic E-state index is 14.5. The number of rotatable bonds is 11. The zero-order chi connectivity index (χ0) is 38.2. The molecule has 3 aromatic rings. The molecule has 2 heterocycles. The van der Waals surface area contributed by atoms with E-state index in [-0.39, 0.29) is 19.4 Å². The molecule has 5 rings (SSSR count). The molecule has 1 aromatic heterocycles. The maximum Gasteiger partial charge on any atom is 0.408 e. The Hall–Kier alpha value is -5.33. The highest BCUT2D eigenvalue weighted by Gasteiger charge is 2.61. The van der Waals surface area contributed by atoms with E-state index in [0.29, 0.717) is 33.8 Å². The number of amides is 3. The lowest BCUT2D eigenvalue weighted by Crippen LogP contribution is -2.59. The highest BCUT2D eigenvalue weighted by Crippen LogP contribution is 2.45. The summed E-state index contributed by atoms with van der Waals surface area (Å²) >= 11 is 0. The smallest absolute Gasteiger partial charge is 0.408 e. The number of carboxylic acids is 1. The van der Waals surface area contributed by atoms with Gasteiger partial charge in [0.1, 0.15) is 40.6 Å². The summed E-state index contributed by atoms with van der Waals surface area (Å²) in [6.07, 6.45) is 0.207. The van der Waals surface area contributed by atoms with Crippen molar-refractivity contribution in [3.8, 4) is 28.5 Å². The molecular formula is C39H48N4O9. The summed E-state index contributed by atoms with van der Waals surface area (Å²) in [5.41, 5.74) is -1.24. The third-order valence-corrected chi connectivity index (χ3v) is 9.30. The van der Waals surface area contributed by atoms with Crippen LogP contribution in [0.1, 0.15) is 54.4 Å². The maximum absolute atomic E-state index is 14.5. The third-order valence-electron chi connectivity index (χ3n) is 9.30. The first-order valence-corrected chi connectivity index (χ1v) is 17.2. The van der Waals surface area contributed by atoms with Crippen molar-refractivity contribution in [2.75, 3.05) is 20.8 Å². The van der Waals surface area contributed by atoms with Crippen LogP contribution in [0.3, 0.4) is 0 Å².